The molecule has 0 aromatic rings. The lowest BCUT2D eigenvalue weighted by Crippen LogP contribution is -1.66. The quantitative estimate of drug-likeness (QED) is 0.290. The molecule has 10 heavy (non-hydrogen) atoms. The molecule has 4 nitrogen and oxygen atoms in total. The van der Waals surface area contributed by atoms with Gasteiger partial charge in [-0.1, -0.05) is 11.8 Å². The van der Waals surface area contributed by atoms with Crippen LogP contribution in [0.3, 0.4) is 0 Å². The fourth-order valence-corrected chi connectivity index (χ4v) is 0. The van der Waals surface area contributed by atoms with Crippen molar-refractivity contribution < 1.29 is 19.2 Å². The summed E-state index contributed by atoms with van der Waals surface area (Å²) in [6.45, 7) is 0. The molecule has 0 fully saturated rings. The Kier molecular flexibility index (Phi) is 7.82. The molecule has 0 unspecified atom stereocenters. The second-order valence-electron chi connectivity index (χ2n) is 1.03. The van der Waals surface area contributed by atoms with Crippen LogP contribution < -0.4 is 0 Å². The highest BCUT2D eigenvalue weighted by Gasteiger charge is 2.00. The highest BCUT2D eigenvalue weighted by atomic mass is 33.5. The van der Waals surface area contributed by atoms with E-state index >= 15 is 0 Å². The lowest BCUT2D eigenvalue weighted by molar-refractivity contribution is 0.275. The minimum atomic E-state index is -4.64. The van der Waals surface area contributed by atoms with Gasteiger partial charge in [-0.2, -0.15) is 0 Å². The second kappa shape index (κ2) is 5.45. The van der Waals surface area contributed by atoms with Gasteiger partial charge in [0.1, 0.15) is 3.64 Å². The molecule has 0 aromatic heterocycles. The smallest absolute Gasteiger partial charge is 0.303 e. The first-order valence-corrected chi connectivity index (χ1v) is 9.39. The van der Waals surface area contributed by atoms with Crippen molar-refractivity contribution in [3.63, 3.8) is 0 Å². The summed E-state index contributed by atoms with van der Waals surface area (Å²) in [7, 11) is -4.64. The molecule has 0 aromatic carbocycles. The van der Waals surface area contributed by atoms with Gasteiger partial charge < -0.3 is 14.7 Å². The van der Waals surface area contributed by atoms with Crippen LogP contribution in [0.2, 0.25) is 0 Å². The van der Waals surface area contributed by atoms with E-state index in [0.717, 1.165) is 0 Å². The highest BCUT2D eigenvalue weighted by molar-refractivity contribution is 9.14. The van der Waals surface area contributed by atoms with Crippen molar-refractivity contribution in [2.75, 3.05) is 0 Å². The van der Waals surface area contributed by atoms with E-state index in [9.17, 15) is 0 Å². The van der Waals surface area contributed by atoms with E-state index in [0.29, 0.717) is 0 Å². The Hall–Kier alpha value is 1.81. The lowest BCUT2D eigenvalue weighted by Gasteiger charge is -1.88. The first-order valence-electron chi connectivity index (χ1n) is 1.57. The maximum Gasteiger partial charge on any atom is 0.466 e. The average Bonchev–Trinajstić information content (AvgIpc) is 1.12. The Labute approximate surface area is 79.1 Å². The van der Waals surface area contributed by atoms with Gasteiger partial charge in [-0.15, -0.1) is 36.7 Å². The topological polar surface area (TPSA) is 77.8 Å². The van der Waals surface area contributed by atoms with Crippen molar-refractivity contribution in [2.24, 2.45) is 0 Å². The van der Waals surface area contributed by atoms with E-state index < -0.39 is 11.5 Å². The normalized spacial score (nSPS) is 11.8. The molecule has 0 spiro atoms. The van der Waals surface area contributed by atoms with E-state index in [-0.39, 0.29) is 0 Å². The minimum Gasteiger partial charge on any atom is -0.303 e. The van der Waals surface area contributed by atoms with Crippen molar-refractivity contribution in [2.45, 2.75) is 0 Å². The SMILES string of the molecule is O=P(O)(O)O.S=P(S)(S)S. The van der Waals surface area contributed by atoms with E-state index in [4.69, 9.17) is 19.2 Å². The second-order valence-corrected chi connectivity index (χ2v) is 15.4. The van der Waals surface area contributed by atoms with E-state index in [2.05, 4.69) is 48.6 Å². The maximum absolute atomic E-state index is 8.88. The van der Waals surface area contributed by atoms with Crippen molar-refractivity contribution in [3.8, 4) is 0 Å². The Morgan fingerprint density at radius 1 is 1.10 bits per heavy atom. The van der Waals surface area contributed by atoms with E-state index in [1.165, 1.54) is 0 Å². The Morgan fingerprint density at radius 2 is 1.10 bits per heavy atom. The third-order valence-electron chi connectivity index (χ3n) is 0. The summed E-state index contributed by atoms with van der Waals surface area (Å²) in [6.07, 6.45) is 0. The predicted octanol–water partition coefficient (Wildman–Crippen LogP) is 1.07. The molecule has 0 aliphatic heterocycles. The Bertz CT molecular complexity index is 128. The minimum absolute atomic E-state index is 1.72. The van der Waals surface area contributed by atoms with Crippen LogP contribution in [0, 0.1) is 0 Å². The molecule has 0 rings (SSSR count). The first kappa shape index (κ1) is 14.3. The zero-order chi connectivity index (χ0) is 9.00. The number of hydrogen-bond donors (Lipinski definition) is 6. The molecule has 0 saturated heterocycles. The van der Waals surface area contributed by atoms with Crippen LogP contribution in [0.15, 0.2) is 0 Å². The average molecular weight is 260 g/mol. The van der Waals surface area contributed by atoms with Gasteiger partial charge >= 0.3 is 7.82 Å². The first-order chi connectivity index (χ1) is 4.00. The number of hydrogen-bond acceptors (Lipinski definition) is 2. The lowest BCUT2D eigenvalue weighted by atomic mass is 15.8. The van der Waals surface area contributed by atoms with Crippen molar-refractivity contribution in [3.05, 3.63) is 0 Å². The third kappa shape index (κ3) is 232. The van der Waals surface area contributed by atoms with Crippen LogP contribution >= 0.6 is 48.2 Å². The van der Waals surface area contributed by atoms with Crippen molar-refractivity contribution in [1.82, 2.24) is 0 Å². The van der Waals surface area contributed by atoms with Crippen molar-refractivity contribution >= 4 is 60.0 Å². The van der Waals surface area contributed by atoms with Crippen LogP contribution in [0.5, 0.6) is 0 Å². The molecule has 64 valence electrons. The zero-order valence-corrected chi connectivity index (χ0v) is 9.68. The van der Waals surface area contributed by atoms with Crippen LogP contribution in [0.1, 0.15) is 0 Å². The summed E-state index contributed by atoms with van der Waals surface area (Å²) >= 11 is 15.9. The Balaban J connectivity index is 0. The van der Waals surface area contributed by atoms with Crippen LogP contribution in [-0.4, -0.2) is 14.7 Å². The van der Waals surface area contributed by atoms with E-state index in [1.807, 2.05) is 0 Å². The third-order valence-corrected chi connectivity index (χ3v) is 0. The monoisotopic (exact) mass is 260 g/mol. The van der Waals surface area contributed by atoms with Crippen molar-refractivity contribution in [1.29, 1.82) is 0 Å². The standard InChI is InChI=1S/H3O4P.H3PS4/c1-5(2,3)4;2-1(3,4)5/h(H3,1,2,3,4);(H3,2,3,4,5). The maximum atomic E-state index is 8.88. The fourth-order valence-electron chi connectivity index (χ4n) is 0. The molecular weight excluding hydrogens is 254 g/mol. The van der Waals surface area contributed by atoms with E-state index in [1.54, 1.807) is 0 Å². The molecule has 0 saturated carbocycles. The predicted molar refractivity (Wildman–Crippen MR) is 55.5 cm³/mol. The molecule has 0 heterocycles. The number of phosphoric acid groups is 1. The molecular formula is H6O4P2S4. The van der Waals surface area contributed by atoms with Gasteiger partial charge in [0.2, 0.25) is 0 Å². The summed E-state index contributed by atoms with van der Waals surface area (Å²) < 4.78 is 7.16. The number of rotatable bonds is 0. The molecule has 0 aliphatic rings. The fraction of sp³-hybridized carbons (Fsp3) is 0. The zero-order valence-electron chi connectivity index (χ0n) is 4.39. The summed E-state index contributed by atoms with van der Waals surface area (Å²) in [5.74, 6) is 0. The summed E-state index contributed by atoms with van der Waals surface area (Å²) in [5, 5.41) is 0. The summed E-state index contributed by atoms with van der Waals surface area (Å²) in [5.41, 5.74) is 0. The molecule has 0 atom stereocenters. The van der Waals surface area contributed by atoms with Gasteiger partial charge in [0, 0.05) is 0 Å². The largest absolute Gasteiger partial charge is 0.466 e. The van der Waals surface area contributed by atoms with Gasteiger partial charge in [0.25, 0.3) is 0 Å². The highest BCUT2D eigenvalue weighted by Crippen LogP contribution is 2.60. The summed E-state index contributed by atoms with van der Waals surface area (Å²) in [6, 6.07) is 0. The van der Waals surface area contributed by atoms with Crippen LogP contribution in [0.4, 0.5) is 0 Å². The van der Waals surface area contributed by atoms with Gasteiger partial charge in [0.15, 0.2) is 0 Å². The molecule has 3 N–H and O–H groups in total. The Morgan fingerprint density at radius 3 is 1.10 bits per heavy atom. The number of thiol groups is 3. The molecule has 10 heteroatoms. The summed E-state index contributed by atoms with van der Waals surface area (Å²) in [4.78, 5) is 21.6. The molecule has 0 aliphatic carbocycles. The molecule has 0 bridgehead atoms. The van der Waals surface area contributed by atoms with Gasteiger partial charge in [-0.3, -0.25) is 0 Å². The van der Waals surface area contributed by atoms with Crippen LogP contribution in [0.25, 0.3) is 0 Å². The molecule has 0 radical (unpaired) electrons. The van der Waals surface area contributed by atoms with Crippen LogP contribution in [-0.2, 0) is 16.4 Å². The van der Waals surface area contributed by atoms with Gasteiger partial charge in [-0.25, -0.2) is 4.57 Å². The molecule has 0 amide bonds. The van der Waals surface area contributed by atoms with Gasteiger partial charge in [0.05, 0.1) is 0 Å². The van der Waals surface area contributed by atoms with Gasteiger partial charge in [-0.05, 0) is 0 Å².